The molecule has 1 atom stereocenters. The summed E-state index contributed by atoms with van der Waals surface area (Å²) >= 11 is 0. The number of methoxy groups -OCH3 is 3. The largest absolute Gasteiger partial charge is 0.493 e. The van der Waals surface area contributed by atoms with E-state index >= 15 is 0 Å². The number of hydrogen-bond donors (Lipinski definition) is 2. The second kappa shape index (κ2) is 9.98. The number of rotatable bonds is 8. The summed E-state index contributed by atoms with van der Waals surface area (Å²) in [6, 6.07) is 10.0. The van der Waals surface area contributed by atoms with Gasteiger partial charge in [0.05, 0.1) is 44.2 Å². The molecule has 30 heavy (non-hydrogen) atoms. The van der Waals surface area contributed by atoms with Gasteiger partial charge in [0.1, 0.15) is 0 Å². The van der Waals surface area contributed by atoms with Crippen molar-refractivity contribution in [3.05, 3.63) is 47.5 Å². The summed E-state index contributed by atoms with van der Waals surface area (Å²) in [6.07, 6.45) is 1.96. The van der Waals surface area contributed by atoms with Gasteiger partial charge in [0, 0.05) is 13.2 Å². The number of amides is 2. The molecule has 1 saturated heterocycles. The Kier molecular flexibility index (Phi) is 7.13. The maximum Gasteiger partial charge on any atom is 0.259 e. The number of anilines is 1. The van der Waals surface area contributed by atoms with Crippen LogP contribution in [0.4, 0.5) is 5.69 Å². The Labute approximate surface area is 175 Å². The van der Waals surface area contributed by atoms with Crippen LogP contribution in [0.3, 0.4) is 0 Å². The summed E-state index contributed by atoms with van der Waals surface area (Å²) in [5, 5.41) is 5.67. The second-order valence-corrected chi connectivity index (χ2v) is 6.73. The monoisotopic (exact) mass is 414 g/mol. The highest BCUT2D eigenvalue weighted by atomic mass is 16.5. The maximum absolute atomic E-state index is 13.0. The average molecular weight is 414 g/mol. The van der Waals surface area contributed by atoms with Crippen LogP contribution in [-0.4, -0.2) is 52.4 Å². The third-order valence-electron chi connectivity index (χ3n) is 4.88. The standard InChI is InChI=1S/C22H26N2O6/c1-27-18-11-10-16(19(28-2)20(18)29-3)22(26)24-17-9-5-4-8-15(17)21(25)23-13-14-7-6-12-30-14/h4-5,8-11,14H,6-7,12-13H2,1-3H3,(H,23,25)(H,24,26)/t14-/m0/s1. The number of ether oxygens (including phenoxy) is 4. The van der Waals surface area contributed by atoms with E-state index in [0.29, 0.717) is 29.3 Å². The van der Waals surface area contributed by atoms with Crippen LogP contribution < -0.4 is 24.8 Å². The van der Waals surface area contributed by atoms with Gasteiger partial charge in [0.15, 0.2) is 11.5 Å². The molecule has 2 amide bonds. The van der Waals surface area contributed by atoms with Crippen LogP contribution in [0.15, 0.2) is 36.4 Å². The highest BCUT2D eigenvalue weighted by molar-refractivity contribution is 6.10. The molecule has 2 N–H and O–H groups in total. The Morgan fingerprint density at radius 3 is 2.40 bits per heavy atom. The van der Waals surface area contributed by atoms with E-state index in [1.54, 1.807) is 36.4 Å². The molecule has 0 saturated carbocycles. The Hall–Kier alpha value is -3.26. The molecule has 0 aliphatic carbocycles. The van der Waals surface area contributed by atoms with Crippen LogP contribution in [0, 0.1) is 0 Å². The summed E-state index contributed by atoms with van der Waals surface area (Å²) in [6.45, 7) is 1.16. The van der Waals surface area contributed by atoms with E-state index in [2.05, 4.69) is 10.6 Å². The number of para-hydroxylation sites is 1. The average Bonchev–Trinajstić information content (AvgIpc) is 3.30. The third kappa shape index (κ3) is 4.65. The normalized spacial score (nSPS) is 15.4. The van der Waals surface area contributed by atoms with E-state index in [4.69, 9.17) is 18.9 Å². The van der Waals surface area contributed by atoms with E-state index in [9.17, 15) is 9.59 Å². The van der Waals surface area contributed by atoms with Gasteiger partial charge in [-0.25, -0.2) is 0 Å². The van der Waals surface area contributed by atoms with E-state index in [-0.39, 0.29) is 23.3 Å². The predicted octanol–water partition coefficient (Wildman–Crippen LogP) is 2.87. The number of carbonyl (C=O) groups is 2. The minimum atomic E-state index is -0.438. The smallest absolute Gasteiger partial charge is 0.259 e. The van der Waals surface area contributed by atoms with Crippen molar-refractivity contribution in [2.45, 2.75) is 18.9 Å². The van der Waals surface area contributed by atoms with Crippen LogP contribution in [0.5, 0.6) is 17.2 Å². The first-order valence-corrected chi connectivity index (χ1v) is 9.68. The van der Waals surface area contributed by atoms with Crippen molar-refractivity contribution in [3.63, 3.8) is 0 Å². The van der Waals surface area contributed by atoms with Gasteiger partial charge >= 0.3 is 0 Å². The molecule has 8 nitrogen and oxygen atoms in total. The highest BCUT2D eigenvalue weighted by Gasteiger charge is 2.23. The first kappa shape index (κ1) is 21.4. The lowest BCUT2D eigenvalue weighted by atomic mass is 10.1. The molecule has 1 aliphatic heterocycles. The van der Waals surface area contributed by atoms with Gasteiger partial charge in [-0.2, -0.15) is 0 Å². The van der Waals surface area contributed by atoms with E-state index in [0.717, 1.165) is 19.4 Å². The van der Waals surface area contributed by atoms with Crippen molar-refractivity contribution < 1.29 is 28.5 Å². The first-order chi connectivity index (χ1) is 14.6. The molecule has 1 heterocycles. The fraction of sp³-hybridized carbons (Fsp3) is 0.364. The summed E-state index contributed by atoms with van der Waals surface area (Å²) in [4.78, 5) is 25.6. The number of nitrogens with one attached hydrogen (secondary N) is 2. The fourth-order valence-corrected chi connectivity index (χ4v) is 3.37. The minimum Gasteiger partial charge on any atom is -0.493 e. The molecule has 0 unspecified atom stereocenters. The van der Waals surface area contributed by atoms with Crippen LogP contribution in [-0.2, 0) is 4.74 Å². The number of carbonyl (C=O) groups excluding carboxylic acids is 2. The molecule has 1 fully saturated rings. The lowest BCUT2D eigenvalue weighted by Crippen LogP contribution is -2.32. The van der Waals surface area contributed by atoms with Crippen molar-refractivity contribution in [3.8, 4) is 17.2 Å². The zero-order chi connectivity index (χ0) is 21.5. The molecule has 0 bridgehead atoms. The fourth-order valence-electron chi connectivity index (χ4n) is 3.37. The van der Waals surface area contributed by atoms with Gasteiger partial charge in [-0.1, -0.05) is 12.1 Å². The maximum atomic E-state index is 13.0. The molecule has 1 aliphatic rings. The molecule has 2 aromatic rings. The SMILES string of the molecule is COc1ccc(C(=O)Nc2ccccc2C(=O)NC[C@@H]2CCCO2)c(OC)c1OC. The van der Waals surface area contributed by atoms with Crippen molar-refractivity contribution in [2.75, 3.05) is 39.8 Å². The van der Waals surface area contributed by atoms with Gasteiger partial charge < -0.3 is 29.6 Å². The molecule has 2 aromatic carbocycles. The molecule has 3 rings (SSSR count). The van der Waals surface area contributed by atoms with Crippen LogP contribution in [0.1, 0.15) is 33.6 Å². The van der Waals surface area contributed by atoms with Crippen molar-refractivity contribution >= 4 is 17.5 Å². The van der Waals surface area contributed by atoms with Crippen molar-refractivity contribution in [1.29, 1.82) is 0 Å². The molecule has 160 valence electrons. The molecule has 0 radical (unpaired) electrons. The Morgan fingerprint density at radius 2 is 1.73 bits per heavy atom. The van der Waals surface area contributed by atoms with E-state index in [1.165, 1.54) is 21.3 Å². The number of benzene rings is 2. The summed E-state index contributed by atoms with van der Waals surface area (Å²) in [5.41, 5.74) is 1.01. The van der Waals surface area contributed by atoms with Gasteiger partial charge in [-0.3, -0.25) is 9.59 Å². The Bertz CT molecular complexity index is 908. The van der Waals surface area contributed by atoms with Crippen LogP contribution >= 0.6 is 0 Å². The first-order valence-electron chi connectivity index (χ1n) is 9.68. The van der Waals surface area contributed by atoms with E-state index in [1.807, 2.05) is 0 Å². The van der Waals surface area contributed by atoms with Gasteiger partial charge in [0.2, 0.25) is 5.75 Å². The molecular weight excluding hydrogens is 388 g/mol. The second-order valence-electron chi connectivity index (χ2n) is 6.73. The van der Waals surface area contributed by atoms with Gasteiger partial charge in [0.25, 0.3) is 11.8 Å². The number of hydrogen-bond acceptors (Lipinski definition) is 6. The molecular formula is C22H26N2O6. The summed E-state index contributed by atoms with van der Waals surface area (Å²) in [5.74, 6) is 0.289. The summed E-state index contributed by atoms with van der Waals surface area (Å²) in [7, 11) is 4.42. The zero-order valence-electron chi connectivity index (χ0n) is 17.3. The predicted molar refractivity (Wildman–Crippen MR) is 112 cm³/mol. The Morgan fingerprint density at radius 1 is 0.967 bits per heavy atom. The lowest BCUT2D eigenvalue weighted by molar-refractivity contribution is 0.0858. The summed E-state index contributed by atoms with van der Waals surface area (Å²) < 4.78 is 21.5. The molecule has 0 spiro atoms. The minimum absolute atomic E-state index is 0.0340. The van der Waals surface area contributed by atoms with Crippen LogP contribution in [0.2, 0.25) is 0 Å². The molecule has 0 aromatic heterocycles. The zero-order valence-corrected chi connectivity index (χ0v) is 17.3. The Balaban J connectivity index is 1.80. The highest BCUT2D eigenvalue weighted by Crippen LogP contribution is 2.40. The third-order valence-corrected chi connectivity index (χ3v) is 4.88. The van der Waals surface area contributed by atoms with Gasteiger partial charge in [-0.05, 0) is 37.1 Å². The lowest BCUT2D eigenvalue weighted by Gasteiger charge is -2.17. The van der Waals surface area contributed by atoms with Crippen molar-refractivity contribution in [1.82, 2.24) is 5.32 Å². The van der Waals surface area contributed by atoms with E-state index < -0.39 is 5.91 Å². The van der Waals surface area contributed by atoms with Gasteiger partial charge in [-0.15, -0.1) is 0 Å². The molecule has 8 heteroatoms. The van der Waals surface area contributed by atoms with Crippen LogP contribution in [0.25, 0.3) is 0 Å². The topological polar surface area (TPSA) is 95.1 Å². The quantitative estimate of drug-likeness (QED) is 0.690. The van der Waals surface area contributed by atoms with Crippen molar-refractivity contribution in [2.24, 2.45) is 0 Å².